The number of aryl methyl sites for hydroxylation is 2. The van der Waals surface area contributed by atoms with Crippen molar-refractivity contribution in [1.29, 1.82) is 10.5 Å². The van der Waals surface area contributed by atoms with Gasteiger partial charge in [0.25, 0.3) is 0 Å². The number of anilines is 6. The third-order valence-corrected chi connectivity index (χ3v) is 19.2. The Kier molecular flexibility index (Phi) is 20.0. The summed E-state index contributed by atoms with van der Waals surface area (Å²) < 4.78 is 0. The van der Waals surface area contributed by atoms with E-state index in [1.165, 1.54) is 77.9 Å². The quantitative estimate of drug-likeness (QED) is 0.0679. The third kappa shape index (κ3) is 14.1. The molecule has 0 aliphatic carbocycles. The zero-order valence-electron chi connectivity index (χ0n) is 57.1. The van der Waals surface area contributed by atoms with Crippen LogP contribution in [-0.4, -0.2) is 0 Å². The Morgan fingerprint density at radius 2 is 0.531 bits per heavy atom. The fourth-order valence-electron chi connectivity index (χ4n) is 13.9. The SMILES string of the molecule is CCCCc1cc(N(c2ccc(-c3ccc(-c4ccc(N(c5ccc(-c6ccc(-c7ccccc7)c(C(C)C)c6)cc5)c5ccc(-c6ccc(-c7ccccc7)c(C(C)C)c6)cc5)cc4C#N)cc3)c(C#N)c2)c2ccc(-c3ccccc3)c(CCCC)c2)ccc1-c1ccccc1. The minimum Gasteiger partial charge on any atom is -0.310 e. The van der Waals surface area contributed by atoms with E-state index in [-0.39, 0.29) is 0 Å². The van der Waals surface area contributed by atoms with Crippen LogP contribution in [0.5, 0.6) is 0 Å². The number of nitrogens with zero attached hydrogens (tertiary/aromatic N) is 4. The van der Waals surface area contributed by atoms with Crippen molar-refractivity contribution >= 4 is 34.1 Å². The smallest absolute Gasteiger partial charge is 0.0998 e. The van der Waals surface area contributed by atoms with E-state index < -0.39 is 0 Å². The van der Waals surface area contributed by atoms with Crippen molar-refractivity contribution in [3.63, 3.8) is 0 Å². The van der Waals surface area contributed by atoms with Crippen LogP contribution in [0.4, 0.5) is 34.1 Å². The van der Waals surface area contributed by atoms with Crippen LogP contribution in [0.2, 0.25) is 0 Å². The molecule has 13 aromatic rings. The van der Waals surface area contributed by atoms with Gasteiger partial charge in [-0.25, -0.2) is 0 Å². The predicted octanol–water partition coefficient (Wildman–Crippen LogP) is 26.6. The molecule has 0 saturated heterocycles. The standard InChI is InChI=1S/C94H82N4/c1-7-9-23-77-57-83(47-53-87(77)69-25-15-11-16-26-69)98(84-48-54-88(70-27-17-12-18-28-70)78(58-84)24-10-8-2)86-50-56-90(80(60-86)64-96)74-35-33-73(34-36-74)89-55-49-85(59-79(89)63-95)97(81-43-37-67(38-44-81)75-41-51-91(93(61-75)65(3)4)71-29-19-13-20-30-71)82-45-39-68(40-46-82)76-42-52-92(94(62-76)66(5)6)72-31-21-14-22-32-72/h11-22,25-62,65-66H,7-10,23-24H2,1-6H3. The average molecular weight is 1270 g/mol. The molecule has 0 unspecified atom stereocenters. The Bertz CT molecular complexity index is 4750. The van der Waals surface area contributed by atoms with Crippen LogP contribution in [0.15, 0.2) is 303 Å². The normalized spacial score (nSPS) is 11.2. The first-order chi connectivity index (χ1) is 48.1. The maximum atomic E-state index is 11.1. The summed E-state index contributed by atoms with van der Waals surface area (Å²) in [5.74, 6) is 0.672. The fourth-order valence-corrected chi connectivity index (χ4v) is 13.9. The summed E-state index contributed by atoms with van der Waals surface area (Å²) in [6.45, 7) is 13.6. The van der Waals surface area contributed by atoms with Crippen molar-refractivity contribution in [2.75, 3.05) is 9.80 Å². The lowest BCUT2D eigenvalue weighted by Crippen LogP contribution is -2.12. The van der Waals surface area contributed by atoms with E-state index in [0.717, 1.165) is 106 Å². The minimum atomic E-state index is 0.336. The highest BCUT2D eigenvalue weighted by molar-refractivity contribution is 5.88. The first kappa shape index (κ1) is 65.1. The number of nitriles is 2. The molecule has 4 nitrogen and oxygen atoms in total. The molecule has 13 rings (SSSR count). The molecule has 478 valence electrons. The zero-order chi connectivity index (χ0) is 67.5. The molecule has 0 radical (unpaired) electrons. The van der Waals surface area contributed by atoms with Gasteiger partial charge in [-0.3, -0.25) is 0 Å². The molecule has 0 saturated carbocycles. The van der Waals surface area contributed by atoms with Crippen molar-refractivity contribution < 1.29 is 0 Å². The highest BCUT2D eigenvalue weighted by Gasteiger charge is 2.22. The molecule has 98 heavy (non-hydrogen) atoms. The van der Waals surface area contributed by atoms with Crippen molar-refractivity contribution in [3.05, 3.63) is 337 Å². The van der Waals surface area contributed by atoms with Gasteiger partial charge in [0.15, 0.2) is 0 Å². The van der Waals surface area contributed by atoms with Crippen molar-refractivity contribution in [2.24, 2.45) is 0 Å². The Balaban J connectivity index is 0.844. The second-order valence-corrected chi connectivity index (χ2v) is 26.3. The number of unbranched alkanes of at least 4 members (excludes halogenated alkanes) is 2. The fraction of sp³-hybridized carbons (Fsp3) is 0.149. The van der Waals surface area contributed by atoms with Crippen molar-refractivity contribution in [1.82, 2.24) is 0 Å². The first-order valence-electron chi connectivity index (χ1n) is 34.8. The van der Waals surface area contributed by atoms with Gasteiger partial charge in [0, 0.05) is 34.1 Å². The van der Waals surface area contributed by atoms with Gasteiger partial charge in [0.05, 0.1) is 23.3 Å². The maximum absolute atomic E-state index is 11.1. The maximum Gasteiger partial charge on any atom is 0.0998 e. The van der Waals surface area contributed by atoms with Crippen LogP contribution >= 0.6 is 0 Å². The van der Waals surface area contributed by atoms with Gasteiger partial charge in [0.2, 0.25) is 0 Å². The van der Waals surface area contributed by atoms with Crippen LogP contribution in [0.1, 0.15) is 112 Å². The van der Waals surface area contributed by atoms with E-state index in [2.05, 4.69) is 355 Å². The van der Waals surface area contributed by atoms with Crippen molar-refractivity contribution in [2.45, 2.75) is 91.9 Å². The van der Waals surface area contributed by atoms with Gasteiger partial charge in [-0.1, -0.05) is 285 Å². The Morgan fingerprint density at radius 3 is 0.857 bits per heavy atom. The molecule has 0 aliphatic heterocycles. The predicted molar refractivity (Wildman–Crippen MR) is 414 cm³/mol. The van der Waals surface area contributed by atoms with Crippen LogP contribution < -0.4 is 9.80 Å². The molecule has 13 aromatic carbocycles. The van der Waals surface area contributed by atoms with Gasteiger partial charge >= 0.3 is 0 Å². The minimum absolute atomic E-state index is 0.336. The summed E-state index contributed by atoms with van der Waals surface area (Å²) in [6.07, 6.45) is 6.24. The van der Waals surface area contributed by atoms with Gasteiger partial charge < -0.3 is 9.80 Å². The van der Waals surface area contributed by atoms with E-state index in [4.69, 9.17) is 0 Å². The van der Waals surface area contributed by atoms with E-state index in [1.807, 2.05) is 12.1 Å². The molecule has 0 amide bonds. The molecule has 0 aliphatic rings. The highest BCUT2D eigenvalue weighted by Crippen LogP contribution is 2.45. The number of rotatable bonds is 22. The van der Waals surface area contributed by atoms with Gasteiger partial charge in [-0.15, -0.1) is 0 Å². The lowest BCUT2D eigenvalue weighted by atomic mass is 9.89. The number of hydrogen-bond acceptors (Lipinski definition) is 4. The number of hydrogen-bond donors (Lipinski definition) is 0. The molecular weight excluding hydrogens is 1190 g/mol. The summed E-state index contributed by atoms with van der Waals surface area (Å²) in [4.78, 5) is 4.59. The van der Waals surface area contributed by atoms with E-state index in [0.29, 0.717) is 23.0 Å². The summed E-state index contributed by atoms with van der Waals surface area (Å²) >= 11 is 0. The molecule has 0 bridgehead atoms. The summed E-state index contributed by atoms with van der Waals surface area (Å²) in [7, 11) is 0. The number of benzene rings is 13. The van der Waals surface area contributed by atoms with E-state index in [1.54, 1.807) is 0 Å². The van der Waals surface area contributed by atoms with Crippen LogP contribution in [-0.2, 0) is 12.8 Å². The van der Waals surface area contributed by atoms with Crippen LogP contribution in [0.25, 0.3) is 89.0 Å². The summed E-state index contributed by atoms with van der Waals surface area (Å²) in [5.41, 5.74) is 30.1. The molecule has 0 N–H and O–H groups in total. The second-order valence-electron chi connectivity index (χ2n) is 26.3. The molecule has 0 aromatic heterocycles. The Labute approximate surface area is 580 Å². The van der Waals surface area contributed by atoms with E-state index >= 15 is 0 Å². The molecular formula is C94H82N4. The van der Waals surface area contributed by atoms with Gasteiger partial charge in [-0.05, 0) is 222 Å². The Hall–Kier alpha value is -11.6. The molecule has 0 spiro atoms. The lowest BCUT2D eigenvalue weighted by Gasteiger charge is -2.28. The average Bonchev–Trinajstić information content (AvgIpc) is 0.793. The lowest BCUT2D eigenvalue weighted by molar-refractivity contribution is 0.795. The molecule has 4 heteroatoms. The van der Waals surface area contributed by atoms with E-state index in [9.17, 15) is 10.5 Å². The van der Waals surface area contributed by atoms with Gasteiger partial charge in [-0.2, -0.15) is 10.5 Å². The molecule has 0 heterocycles. The second kappa shape index (κ2) is 30.0. The molecule has 0 atom stereocenters. The topological polar surface area (TPSA) is 54.1 Å². The van der Waals surface area contributed by atoms with Crippen LogP contribution in [0, 0.1) is 22.7 Å². The largest absolute Gasteiger partial charge is 0.310 e. The Morgan fingerprint density at radius 1 is 0.265 bits per heavy atom. The summed E-state index contributed by atoms with van der Waals surface area (Å²) in [6, 6.07) is 114. The van der Waals surface area contributed by atoms with Crippen LogP contribution in [0.3, 0.4) is 0 Å². The monoisotopic (exact) mass is 1270 g/mol. The summed E-state index contributed by atoms with van der Waals surface area (Å²) in [5, 5.41) is 22.3. The zero-order valence-corrected chi connectivity index (χ0v) is 57.1. The first-order valence-corrected chi connectivity index (χ1v) is 34.8. The third-order valence-electron chi connectivity index (χ3n) is 19.2. The van der Waals surface area contributed by atoms with Gasteiger partial charge in [0.1, 0.15) is 0 Å². The molecule has 0 fully saturated rings. The van der Waals surface area contributed by atoms with Crippen molar-refractivity contribution in [3.8, 4) is 101 Å². The highest BCUT2D eigenvalue weighted by atomic mass is 15.1.